The minimum absolute atomic E-state index is 0.155. The van der Waals surface area contributed by atoms with E-state index in [0.717, 1.165) is 38.0 Å². The summed E-state index contributed by atoms with van der Waals surface area (Å²) in [5, 5.41) is 14.6. The number of hydrogen-bond donors (Lipinski definition) is 2. The summed E-state index contributed by atoms with van der Waals surface area (Å²) >= 11 is 0. The number of piperidine rings is 1. The lowest BCUT2D eigenvalue weighted by atomic mass is 9.88. The number of nitrogens with one attached hydrogen (secondary N) is 2. The molecule has 1 saturated carbocycles. The highest BCUT2D eigenvalue weighted by molar-refractivity contribution is 5.93. The predicted molar refractivity (Wildman–Crippen MR) is 95.6 cm³/mol. The molecule has 2 heterocycles. The third-order valence-electron chi connectivity index (χ3n) is 5.55. The van der Waals surface area contributed by atoms with Crippen molar-refractivity contribution in [3.8, 4) is 0 Å². The van der Waals surface area contributed by atoms with Crippen molar-refractivity contribution in [3.05, 3.63) is 11.4 Å². The maximum Gasteiger partial charge on any atom is 0.273 e. The zero-order valence-electron chi connectivity index (χ0n) is 15.5. The summed E-state index contributed by atoms with van der Waals surface area (Å²) in [6.45, 7) is 7.23. The molecule has 1 aromatic heterocycles. The molecular formula is C18H31N5O2. The van der Waals surface area contributed by atoms with Crippen molar-refractivity contribution in [3.63, 3.8) is 0 Å². The van der Waals surface area contributed by atoms with Gasteiger partial charge < -0.3 is 15.4 Å². The van der Waals surface area contributed by atoms with E-state index in [1.807, 2.05) is 11.6 Å². The molecule has 7 nitrogen and oxygen atoms in total. The lowest BCUT2D eigenvalue weighted by Crippen LogP contribution is -2.32. The van der Waals surface area contributed by atoms with E-state index in [2.05, 4.69) is 27.9 Å². The number of aromatic nitrogens is 3. The Morgan fingerprint density at radius 1 is 1.28 bits per heavy atom. The quantitative estimate of drug-likeness (QED) is 0.766. The van der Waals surface area contributed by atoms with E-state index in [1.165, 1.54) is 19.3 Å². The standard InChI is InChI=1S/C18H31N5O2/c1-13-5-3-4-6-16(13)25-12-11-20-18(24)17-14(2)23(22-21-17)15-7-9-19-10-8-15/h13,15-16,19H,3-12H2,1-2H3,(H,20,24). The van der Waals surface area contributed by atoms with Crippen molar-refractivity contribution in [1.29, 1.82) is 0 Å². The van der Waals surface area contributed by atoms with Crippen LogP contribution < -0.4 is 10.6 Å². The number of carbonyl (C=O) groups excluding carboxylic acids is 1. The first-order chi connectivity index (χ1) is 12.2. The topological polar surface area (TPSA) is 81.1 Å². The van der Waals surface area contributed by atoms with Crippen LogP contribution in [0.2, 0.25) is 0 Å². The van der Waals surface area contributed by atoms with E-state index >= 15 is 0 Å². The zero-order chi connectivity index (χ0) is 17.6. The molecule has 7 heteroatoms. The van der Waals surface area contributed by atoms with E-state index in [1.54, 1.807) is 0 Å². The van der Waals surface area contributed by atoms with Crippen LogP contribution in [0, 0.1) is 12.8 Å². The summed E-state index contributed by atoms with van der Waals surface area (Å²) < 4.78 is 7.86. The van der Waals surface area contributed by atoms with Crippen LogP contribution in [-0.4, -0.2) is 53.2 Å². The van der Waals surface area contributed by atoms with Gasteiger partial charge in [-0.25, -0.2) is 4.68 Å². The highest BCUT2D eigenvalue weighted by atomic mass is 16.5. The van der Waals surface area contributed by atoms with Crippen LogP contribution in [0.1, 0.15) is 67.7 Å². The van der Waals surface area contributed by atoms with Gasteiger partial charge in [0.15, 0.2) is 5.69 Å². The van der Waals surface area contributed by atoms with E-state index < -0.39 is 0 Å². The van der Waals surface area contributed by atoms with Gasteiger partial charge in [-0.05, 0) is 51.6 Å². The monoisotopic (exact) mass is 349 g/mol. The second-order valence-electron chi connectivity index (χ2n) is 7.38. The van der Waals surface area contributed by atoms with Gasteiger partial charge in [-0.1, -0.05) is 25.0 Å². The molecule has 0 aromatic carbocycles. The Morgan fingerprint density at radius 2 is 2.04 bits per heavy atom. The number of ether oxygens (including phenoxy) is 1. The molecule has 1 saturated heterocycles. The van der Waals surface area contributed by atoms with Gasteiger partial charge >= 0.3 is 0 Å². The number of nitrogens with zero attached hydrogens (tertiary/aromatic N) is 3. The largest absolute Gasteiger partial charge is 0.376 e. The normalized spacial score (nSPS) is 25.0. The summed E-state index contributed by atoms with van der Waals surface area (Å²) in [4.78, 5) is 12.4. The molecule has 2 unspecified atom stereocenters. The van der Waals surface area contributed by atoms with Crippen LogP contribution in [0.15, 0.2) is 0 Å². The predicted octanol–water partition coefficient (Wildman–Crippen LogP) is 1.84. The molecular weight excluding hydrogens is 318 g/mol. The SMILES string of the molecule is Cc1c(C(=O)NCCOC2CCCCC2C)nnn1C1CCNCC1. The van der Waals surface area contributed by atoms with E-state index in [9.17, 15) is 4.79 Å². The average Bonchev–Trinajstić information content (AvgIpc) is 3.02. The van der Waals surface area contributed by atoms with Crippen LogP contribution in [-0.2, 0) is 4.74 Å². The molecule has 1 aromatic rings. The van der Waals surface area contributed by atoms with Gasteiger partial charge in [-0.2, -0.15) is 0 Å². The summed E-state index contributed by atoms with van der Waals surface area (Å²) in [5.41, 5.74) is 1.29. The molecule has 1 aliphatic heterocycles. The fraction of sp³-hybridized carbons (Fsp3) is 0.833. The average molecular weight is 349 g/mol. The Hall–Kier alpha value is -1.47. The molecule has 2 fully saturated rings. The number of carbonyl (C=O) groups is 1. The van der Waals surface area contributed by atoms with E-state index in [0.29, 0.717) is 36.9 Å². The summed E-state index contributed by atoms with van der Waals surface area (Å²) in [5.74, 6) is 0.467. The zero-order valence-corrected chi connectivity index (χ0v) is 15.5. The Kier molecular flexibility index (Phi) is 6.42. The Morgan fingerprint density at radius 3 is 2.80 bits per heavy atom. The fourth-order valence-electron chi connectivity index (χ4n) is 3.94. The third kappa shape index (κ3) is 4.58. The summed E-state index contributed by atoms with van der Waals surface area (Å²) in [6.07, 6.45) is 7.34. The van der Waals surface area contributed by atoms with Crippen LogP contribution in [0.25, 0.3) is 0 Å². The van der Waals surface area contributed by atoms with Crippen molar-refractivity contribution >= 4 is 5.91 Å². The Labute approximate surface area is 149 Å². The van der Waals surface area contributed by atoms with Crippen molar-refractivity contribution in [2.24, 2.45) is 5.92 Å². The second kappa shape index (κ2) is 8.76. The van der Waals surface area contributed by atoms with E-state index in [-0.39, 0.29) is 5.91 Å². The molecule has 0 radical (unpaired) electrons. The molecule has 0 spiro atoms. The van der Waals surface area contributed by atoms with Gasteiger partial charge in [0.2, 0.25) is 0 Å². The van der Waals surface area contributed by atoms with Gasteiger partial charge in [0, 0.05) is 6.54 Å². The van der Waals surface area contributed by atoms with Crippen molar-refractivity contribution in [2.45, 2.75) is 64.5 Å². The molecule has 140 valence electrons. The molecule has 2 N–H and O–H groups in total. The molecule has 2 aliphatic rings. The van der Waals surface area contributed by atoms with Gasteiger partial charge in [0.05, 0.1) is 24.4 Å². The van der Waals surface area contributed by atoms with Crippen molar-refractivity contribution in [1.82, 2.24) is 25.6 Å². The third-order valence-corrected chi connectivity index (χ3v) is 5.55. The van der Waals surface area contributed by atoms with Crippen LogP contribution in [0.5, 0.6) is 0 Å². The Balaban J connectivity index is 1.46. The minimum atomic E-state index is -0.155. The fourth-order valence-corrected chi connectivity index (χ4v) is 3.94. The minimum Gasteiger partial charge on any atom is -0.376 e. The molecule has 1 aliphatic carbocycles. The number of hydrogen-bond acceptors (Lipinski definition) is 5. The maximum atomic E-state index is 12.4. The summed E-state index contributed by atoms with van der Waals surface area (Å²) in [7, 11) is 0. The van der Waals surface area contributed by atoms with Gasteiger partial charge in [0.25, 0.3) is 5.91 Å². The molecule has 25 heavy (non-hydrogen) atoms. The highest BCUT2D eigenvalue weighted by Gasteiger charge is 2.23. The second-order valence-corrected chi connectivity index (χ2v) is 7.38. The molecule has 0 bridgehead atoms. The van der Waals surface area contributed by atoms with Crippen molar-refractivity contribution < 1.29 is 9.53 Å². The van der Waals surface area contributed by atoms with Gasteiger partial charge in [-0.15, -0.1) is 5.10 Å². The maximum absolute atomic E-state index is 12.4. The first-order valence-electron chi connectivity index (χ1n) is 9.69. The molecule has 1 amide bonds. The van der Waals surface area contributed by atoms with Crippen LogP contribution >= 0.6 is 0 Å². The lowest BCUT2D eigenvalue weighted by Gasteiger charge is -2.28. The van der Waals surface area contributed by atoms with Gasteiger partial charge in [0.1, 0.15) is 0 Å². The smallest absolute Gasteiger partial charge is 0.273 e. The summed E-state index contributed by atoms with van der Waals surface area (Å²) in [6, 6.07) is 0.339. The van der Waals surface area contributed by atoms with Gasteiger partial charge in [-0.3, -0.25) is 4.79 Å². The number of rotatable bonds is 6. The molecule has 3 rings (SSSR count). The Bertz CT molecular complexity index is 568. The van der Waals surface area contributed by atoms with E-state index in [4.69, 9.17) is 4.74 Å². The highest BCUT2D eigenvalue weighted by Crippen LogP contribution is 2.26. The first kappa shape index (κ1) is 18.3. The van der Waals surface area contributed by atoms with Crippen molar-refractivity contribution in [2.75, 3.05) is 26.2 Å². The first-order valence-corrected chi connectivity index (χ1v) is 9.69. The number of amides is 1. The molecule has 2 atom stereocenters. The lowest BCUT2D eigenvalue weighted by molar-refractivity contribution is -0.00295. The van der Waals surface area contributed by atoms with Crippen LogP contribution in [0.4, 0.5) is 0 Å². The van der Waals surface area contributed by atoms with Crippen LogP contribution in [0.3, 0.4) is 0 Å².